The molecule has 0 fully saturated rings. The van der Waals surface area contributed by atoms with Gasteiger partial charge in [-0.1, -0.05) is 6.07 Å². The van der Waals surface area contributed by atoms with Crippen molar-refractivity contribution in [3.8, 4) is 0 Å². The van der Waals surface area contributed by atoms with Crippen LogP contribution in [0.2, 0.25) is 0 Å². The Hall–Kier alpha value is -2.37. The second kappa shape index (κ2) is 5.81. The quantitative estimate of drug-likeness (QED) is 0.815. The van der Waals surface area contributed by atoms with E-state index in [0.717, 1.165) is 0 Å². The maximum absolute atomic E-state index is 11.8. The van der Waals surface area contributed by atoms with Gasteiger partial charge in [0.1, 0.15) is 11.5 Å². The molecular formula is C12H15N5O. The molecule has 0 unspecified atom stereocenters. The zero-order chi connectivity index (χ0) is 12.8. The molecule has 0 spiro atoms. The second-order valence-corrected chi connectivity index (χ2v) is 3.68. The monoisotopic (exact) mass is 245 g/mol. The topological polar surface area (TPSA) is 71.8 Å². The summed E-state index contributed by atoms with van der Waals surface area (Å²) in [6.45, 7) is 1.16. The van der Waals surface area contributed by atoms with Gasteiger partial charge < -0.3 is 10.6 Å². The van der Waals surface area contributed by atoms with Crippen LogP contribution in [0, 0.1) is 0 Å². The number of carbonyl (C=O) groups is 1. The minimum Gasteiger partial charge on any atom is -0.373 e. The molecule has 0 aromatic carbocycles. The fourth-order valence-electron chi connectivity index (χ4n) is 1.51. The van der Waals surface area contributed by atoms with Gasteiger partial charge in [-0.15, -0.1) is 0 Å². The average Bonchev–Trinajstić information content (AvgIpc) is 2.92. The number of nitrogens with one attached hydrogen (secondary N) is 2. The fraction of sp³-hybridized carbons (Fsp3) is 0.250. The number of nitrogens with zero attached hydrogens (tertiary/aromatic N) is 3. The smallest absolute Gasteiger partial charge is 0.270 e. The van der Waals surface area contributed by atoms with E-state index in [1.54, 1.807) is 36.1 Å². The van der Waals surface area contributed by atoms with Crippen molar-refractivity contribution in [3.63, 3.8) is 0 Å². The summed E-state index contributed by atoms with van der Waals surface area (Å²) in [5, 5.41) is 9.75. The molecule has 0 bridgehead atoms. The second-order valence-electron chi connectivity index (χ2n) is 3.68. The maximum Gasteiger partial charge on any atom is 0.270 e. The van der Waals surface area contributed by atoms with Crippen LogP contribution in [0.5, 0.6) is 0 Å². The zero-order valence-corrected chi connectivity index (χ0v) is 10.1. The Morgan fingerprint density at radius 1 is 1.39 bits per heavy atom. The van der Waals surface area contributed by atoms with Gasteiger partial charge in [0, 0.05) is 26.0 Å². The molecule has 6 heteroatoms. The van der Waals surface area contributed by atoms with Gasteiger partial charge in [0.2, 0.25) is 0 Å². The minimum absolute atomic E-state index is 0.181. The molecular weight excluding hydrogens is 230 g/mol. The molecule has 6 nitrogen and oxygen atoms in total. The van der Waals surface area contributed by atoms with E-state index in [-0.39, 0.29) is 5.91 Å². The first-order valence-corrected chi connectivity index (χ1v) is 5.70. The zero-order valence-electron chi connectivity index (χ0n) is 10.1. The van der Waals surface area contributed by atoms with E-state index in [4.69, 9.17) is 0 Å². The molecule has 0 saturated heterocycles. The Kier molecular flexibility index (Phi) is 3.90. The van der Waals surface area contributed by atoms with Crippen LogP contribution < -0.4 is 10.6 Å². The molecule has 2 N–H and O–H groups in total. The number of pyridine rings is 1. The van der Waals surface area contributed by atoms with Crippen molar-refractivity contribution in [2.24, 2.45) is 0 Å². The molecule has 2 heterocycles. The highest BCUT2D eigenvalue weighted by atomic mass is 16.1. The molecule has 1 amide bonds. The van der Waals surface area contributed by atoms with Crippen LogP contribution in [0.15, 0.2) is 36.7 Å². The van der Waals surface area contributed by atoms with Crippen LogP contribution >= 0.6 is 0 Å². The SMILES string of the molecule is CNc1cccc(C(=O)NCCn2cccn2)n1. The van der Waals surface area contributed by atoms with Crippen LogP contribution in [0.4, 0.5) is 5.82 Å². The van der Waals surface area contributed by atoms with Gasteiger partial charge in [0.05, 0.1) is 6.54 Å². The van der Waals surface area contributed by atoms with Crippen molar-refractivity contribution < 1.29 is 4.79 Å². The van der Waals surface area contributed by atoms with Crippen molar-refractivity contribution in [3.05, 3.63) is 42.4 Å². The highest BCUT2D eigenvalue weighted by Crippen LogP contribution is 2.03. The first-order valence-electron chi connectivity index (χ1n) is 5.70. The molecule has 0 aliphatic heterocycles. The van der Waals surface area contributed by atoms with E-state index >= 15 is 0 Å². The van der Waals surface area contributed by atoms with Crippen LogP contribution in [0.25, 0.3) is 0 Å². The molecule has 0 aliphatic carbocycles. The van der Waals surface area contributed by atoms with Gasteiger partial charge in [-0.05, 0) is 18.2 Å². The average molecular weight is 245 g/mol. The summed E-state index contributed by atoms with van der Waals surface area (Å²) in [5.74, 6) is 0.494. The molecule has 0 aliphatic rings. The Bertz CT molecular complexity index is 509. The van der Waals surface area contributed by atoms with Gasteiger partial charge >= 0.3 is 0 Å². The van der Waals surface area contributed by atoms with Crippen molar-refractivity contribution in [2.75, 3.05) is 18.9 Å². The number of rotatable bonds is 5. The van der Waals surface area contributed by atoms with Gasteiger partial charge in [-0.2, -0.15) is 5.10 Å². The van der Waals surface area contributed by atoms with Crippen molar-refractivity contribution in [1.29, 1.82) is 0 Å². The summed E-state index contributed by atoms with van der Waals surface area (Å²) in [5.41, 5.74) is 0.405. The normalized spacial score (nSPS) is 10.1. The van der Waals surface area contributed by atoms with Gasteiger partial charge in [-0.25, -0.2) is 4.98 Å². The molecule has 0 saturated carbocycles. The third-order valence-corrected chi connectivity index (χ3v) is 2.42. The van der Waals surface area contributed by atoms with E-state index in [1.165, 1.54) is 0 Å². The van der Waals surface area contributed by atoms with Gasteiger partial charge in [-0.3, -0.25) is 9.48 Å². The molecule has 94 valence electrons. The highest BCUT2D eigenvalue weighted by Gasteiger charge is 2.06. The number of hydrogen-bond acceptors (Lipinski definition) is 4. The van der Waals surface area contributed by atoms with E-state index in [2.05, 4.69) is 20.7 Å². The van der Waals surface area contributed by atoms with Crippen LogP contribution in [0.3, 0.4) is 0 Å². The van der Waals surface area contributed by atoms with Crippen LogP contribution in [-0.4, -0.2) is 34.3 Å². The Balaban J connectivity index is 1.87. The molecule has 0 radical (unpaired) electrons. The Morgan fingerprint density at radius 3 is 3.00 bits per heavy atom. The minimum atomic E-state index is -0.181. The van der Waals surface area contributed by atoms with Crippen molar-refractivity contribution in [2.45, 2.75) is 6.54 Å². The summed E-state index contributed by atoms with van der Waals surface area (Å²) in [7, 11) is 1.77. The number of amides is 1. The van der Waals surface area contributed by atoms with Crippen molar-refractivity contribution >= 4 is 11.7 Å². The first-order chi connectivity index (χ1) is 8.79. The summed E-state index contributed by atoms with van der Waals surface area (Å²) in [6, 6.07) is 7.13. The fourth-order valence-corrected chi connectivity index (χ4v) is 1.51. The summed E-state index contributed by atoms with van der Waals surface area (Å²) in [6.07, 6.45) is 3.56. The lowest BCUT2D eigenvalue weighted by molar-refractivity contribution is 0.0947. The summed E-state index contributed by atoms with van der Waals surface area (Å²) >= 11 is 0. The maximum atomic E-state index is 11.8. The number of hydrogen-bond donors (Lipinski definition) is 2. The van der Waals surface area contributed by atoms with E-state index in [1.807, 2.05) is 12.3 Å². The molecule has 2 rings (SSSR count). The predicted octanol–water partition coefficient (Wildman–Crippen LogP) is 0.750. The highest BCUT2D eigenvalue weighted by molar-refractivity contribution is 5.92. The molecule has 0 atom stereocenters. The lowest BCUT2D eigenvalue weighted by Gasteiger charge is -2.06. The van der Waals surface area contributed by atoms with Crippen LogP contribution in [0.1, 0.15) is 10.5 Å². The van der Waals surface area contributed by atoms with Crippen LogP contribution in [-0.2, 0) is 6.54 Å². The van der Waals surface area contributed by atoms with E-state index in [0.29, 0.717) is 24.6 Å². The molecule has 2 aromatic rings. The van der Waals surface area contributed by atoms with Gasteiger partial charge in [0.25, 0.3) is 5.91 Å². The van der Waals surface area contributed by atoms with E-state index < -0.39 is 0 Å². The largest absolute Gasteiger partial charge is 0.373 e. The summed E-state index contributed by atoms with van der Waals surface area (Å²) < 4.78 is 1.76. The lowest BCUT2D eigenvalue weighted by atomic mass is 10.3. The number of aromatic nitrogens is 3. The Morgan fingerprint density at radius 2 is 2.28 bits per heavy atom. The van der Waals surface area contributed by atoms with E-state index in [9.17, 15) is 4.79 Å². The van der Waals surface area contributed by atoms with Crippen molar-refractivity contribution in [1.82, 2.24) is 20.1 Å². The summed E-state index contributed by atoms with van der Waals surface area (Å²) in [4.78, 5) is 16.0. The molecule has 18 heavy (non-hydrogen) atoms. The number of carbonyl (C=O) groups excluding carboxylic acids is 1. The number of anilines is 1. The first kappa shape index (κ1) is 12.1. The predicted molar refractivity (Wildman–Crippen MR) is 68.3 cm³/mol. The standard InChI is InChI=1S/C12H15N5O/c1-13-11-5-2-4-10(16-11)12(18)14-7-9-17-8-3-6-15-17/h2-6,8H,7,9H2,1H3,(H,13,16)(H,14,18). The third kappa shape index (κ3) is 3.07. The Labute approximate surface area is 105 Å². The lowest BCUT2D eigenvalue weighted by Crippen LogP contribution is -2.28. The third-order valence-electron chi connectivity index (χ3n) is 2.42. The molecule has 2 aromatic heterocycles. The van der Waals surface area contributed by atoms with Gasteiger partial charge in [0.15, 0.2) is 0 Å².